The molecule has 2 fully saturated rings. The Hall–Kier alpha value is -3.73. The highest BCUT2D eigenvalue weighted by molar-refractivity contribution is 5.76. The number of piperazine rings is 1. The predicted octanol–water partition coefficient (Wildman–Crippen LogP) is 3.76. The summed E-state index contributed by atoms with van der Waals surface area (Å²) in [5.74, 6) is 8.45. The van der Waals surface area contributed by atoms with Gasteiger partial charge in [0.25, 0.3) is 0 Å². The van der Waals surface area contributed by atoms with Gasteiger partial charge in [0.15, 0.2) is 5.82 Å². The molecule has 5 rings (SSSR count). The van der Waals surface area contributed by atoms with Crippen molar-refractivity contribution in [1.29, 1.82) is 0 Å². The minimum Gasteiger partial charge on any atom is -0.353 e. The molecule has 1 aliphatic heterocycles. The summed E-state index contributed by atoms with van der Waals surface area (Å²) in [6, 6.07) is 11.9. The SMILES string of the molecule is O=C(Cn1nc(-c2ccc(F)cc2)nc1C#CC1CCCCC1)N1CCN(c2ccccn2)CC1. The summed E-state index contributed by atoms with van der Waals surface area (Å²) in [6.07, 6.45) is 7.67. The Labute approximate surface area is 205 Å². The van der Waals surface area contributed by atoms with E-state index in [4.69, 9.17) is 0 Å². The van der Waals surface area contributed by atoms with Gasteiger partial charge in [-0.1, -0.05) is 31.2 Å². The highest BCUT2D eigenvalue weighted by Crippen LogP contribution is 2.23. The number of hydrogen-bond donors (Lipinski definition) is 0. The first-order valence-electron chi connectivity index (χ1n) is 12.3. The van der Waals surface area contributed by atoms with Crippen LogP contribution in [-0.4, -0.2) is 56.7 Å². The van der Waals surface area contributed by atoms with Crippen LogP contribution >= 0.6 is 0 Å². The molecule has 8 heteroatoms. The first-order chi connectivity index (χ1) is 17.2. The lowest BCUT2D eigenvalue weighted by Crippen LogP contribution is -2.50. The zero-order chi connectivity index (χ0) is 24.0. The lowest BCUT2D eigenvalue weighted by atomic mass is 9.90. The van der Waals surface area contributed by atoms with E-state index in [9.17, 15) is 9.18 Å². The maximum absolute atomic E-state index is 13.4. The van der Waals surface area contributed by atoms with Crippen LogP contribution in [0.25, 0.3) is 11.4 Å². The highest BCUT2D eigenvalue weighted by Gasteiger charge is 2.23. The first-order valence-corrected chi connectivity index (χ1v) is 12.3. The Balaban J connectivity index is 1.31. The Kier molecular flexibility index (Phi) is 7.03. The number of benzene rings is 1. The van der Waals surface area contributed by atoms with Gasteiger partial charge in [0.2, 0.25) is 11.7 Å². The van der Waals surface area contributed by atoms with Gasteiger partial charge in [0, 0.05) is 43.9 Å². The van der Waals surface area contributed by atoms with Crippen molar-refractivity contribution in [3.63, 3.8) is 0 Å². The maximum atomic E-state index is 13.4. The largest absolute Gasteiger partial charge is 0.353 e. The Bertz CT molecular complexity index is 1200. The van der Waals surface area contributed by atoms with Crippen molar-refractivity contribution in [2.75, 3.05) is 31.1 Å². The number of halogens is 1. The van der Waals surface area contributed by atoms with Gasteiger partial charge in [0.05, 0.1) is 0 Å². The van der Waals surface area contributed by atoms with Gasteiger partial charge in [-0.2, -0.15) is 4.98 Å². The van der Waals surface area contributed by atoms with Gasteiger partial charge >= 0.3 is 0 Å². The van der Waals surface area contributed by atoms with E-state index in [2.05, 4.69) is 31.8 Å². The summed E-state index contributed by atoms with van der Waals surface area (Å²) in [7, 11) is 0. The number of anilines is 1. The van der Waals surface area contributed by atoms with Crippen molar-refractivity contribution in [1.82, 2.24) is 24.6 Å². The van der Waals surface area contributed by atoms with Crippen LogP contribution in [0.1, 0.15) is 37.9 Å². The smallest absolute Gasteiger partial charge is 0.244 e. The predicted molar refractivity (Wildman–Crippen MR) is 132 cm³/mol. The van der Waals surface area contributed by atoms with E-state index < -0.39 is 0 Å². The van der Waals surface area contributed by atoms with Crippen LogP contribution in [-0.2, 0) is 11.3 Å². The van der Waals surface area contributed by atoms with Crippen LogP contribution in [0.15, 0.2) is 48.7 Å². The molecular formula is C27H29FN6O. The van der Waals surface area contributed by atoms with E-state index in [0.717, 1.165) is 31.7 Å². The van der Waals surface area contributed by atoms with Gasteiger partial charge in [-0.3, -0.25) is 4.79 Å². The number of aromatic nitrogens is 4. The lowest BCUT2D eigenvalue weighted by Gasteiger charge is -2.35. The average Bonchev–Trinajstić information content (AvgIpc) is 3.31. The van der Waals surface area contributed by atoms with Crippen LogP contribution < -0.4 is 4.90 Å². The molecule has 1 amide bonds. The lowest BCUT2D eigenvalue weighted by molar-refractivity contribution is -0.132. The normalized spacial score (nSPS) is 16.6. The molecule has 0 bridgehead atoms. The molecule has 0 radical (unpaired) electrons. The second-order valence-corrected chi connectivity index (χ2v) is 9.08. The number of carbonyl (C=O) groups excluding carboxylic acids is 1. The van der Waals surface area contributed by atoms with Crippen LogP contribution in [0.3, 0.4) is 0 Å². The van der Waals surface area contributed by atoms with E-state index in [1.54, 1.807) is 23.0 Å². The summed E-state index contributed by atoms with van der Waals surface area (Å²) < 4.78 is 15.0. The van der Waals surface area contributed by atoms with E-state index in [0.29, 0.717) is 36.2 Å². The fourth-order valence-corrected chi connectivity index (χ4v) is 4.63. The van der Waals surface area contributed by atoms with Crippen LogP contribution in [0.2, 0.25) is 0 Å². The molecule has 180 valence electrons. The highest BCUT2D eigenvalue weighted by atomic mass is 19.1. The van der Waals surface area contributed by atoms with Crippen LogP contribution in [0, 0.1) is 23.6 Å². The summed E-state index contributed by atoms with van der Waals surface area (Å²) in [4.78, 5) is 26.2. The number of nitrogens with zero attached hydrogens (tertiary/aromatic N) is 6. The third-order valence-electron chi connectivity index (χ3n) is 6.66. The molecule has 0 unspecified atom stereocenters. The molecule has 7 nitrogen and oxygen atoms in total. The molecule has 1 aromatic carbocycles. The van der Waals surface area contributed by atoms with Crippen molar-refractivity contribution in [3.05, 3.63) is 60.3 Å². The third kappa shape index (κ3) is 5.68. The van der Waals surface area contributed by atoms with Gasteiger partial charge in [-0.05, 0) is 55.2 Å². The molecule has 0 N–H and O–H groups in total. The van der Waals surface area contributed by atoms with Crippen molar-refractivity contribution >= 4 is 11.7 Å². The molecule has 0 spiro atoms. The number of amides is 1. The van der Waals surface area contributed by atoms with Crippen LogP contribution in [0.5, 0.6) is 0 Å². The Morgan fingerprint density at radius 3 is 2.49 bits per heavy atom. The standard InChI is InChI=1S/C27H29FN6O/c28-23-12-10-22(11-13-23)27-30-25(14-9-21-6-2-1-3-7-21)34(31-27)20-26(35)33-18-16-32(17-19-33)24-8-4-5-15-29-24/h4-5,8,10-13,15,21H,1-3,6-7,16-20H2. The zero-order valence-electron chi connectivity index (χ0n) is 19.7. The summed E-state index contributed by atoms with van der Waals surface area (Å²) in [6.45, 7) is 2.78. The number of pyridine rings is 1. The fraction of sp³-hybridized carbons (Fsp3) is 0.407. The molecule has 2 aliphatic rings. The minimum atomic E-state index is -0.314. The molecule has 3 aromatic rings. The van der Waals surface area contributed by atoms with E-state index in [-0.39, 0.29) is 18.3 Å². The first kappa shape index (κ1) is 23.0. The molecule has 35 heavy (non-hydrogen) atoms. The Morgan fingerprint density at radius 2 is 1.77 bits per heavy atom. The molecule has 1 aliphatic carbocycles. The van der Waals surface area contributed by atoms with E-state index in [1.807, 2.05) is 23.1 Å². The fourth-order valence-electron chi connectivity index (χ4n) is 4.63. The van der Waals surface area contributed by atoms with E-state index >= 15 is 0 Å². The average molecular weight is 473 g/mol. The summed E-state index contributed by atoms with van der Waals surface area (Å²) in [5.41, 5.74) is 0.697. The van der Waals surface area contributed by atoms with Gasteiger partial charge in [-0.15, -0.1) is 5.10 Å². The summed E-state index contributed by atoms with van der Waals surface area (Å²) >= 11 is 0. The monoisotopic (exact) mass is 472 g/mol. The summed E-state index contributed by atoms with van der Waals surface area (Å²) in [5, 5.41) is 4.58. The maximum Gasteiger partial charge on any atom is 0.244 e. The zero-order valence-corrected chi connectivity index (χ0v) is 19.7. The van der Waals surface area contributed by atoms with Gasteiger partial charge in [0.1, 0.15) is 18.2 Å². The quantitative estimate of drug-likeness (QED) is 0.541. The Morgan fingerprint density at radius 1 is 1.00 bits per heavy atom. The van der Waals surface area contributed by atoms with Crippen LogP contribution in [0.4, 0.5) is 10.2 Å². The number of rotatable bonds is 4. The number of hydrogen-bond acceptors (Lipinski definition) is 5. The molecule has 1 saturated carbocycles. The van der Waals surface area contributed by atoms with Crippen molar-refractivity contribution in [3.8, 4) is 23.2 Å². The molecular weight excluding hydrogens is 443 g/mol. The molecule has 3 heterocycles. The molecule has 0 atom stereocenters. The minimum absolute atomic E-state index is 0.0121. The van der Waals surface area contributed by atoms with E-state index in [1.165, 1.54) is 31.4 Å². The topological polar surface area (TPSA) is 67.2 Å². The van der Waals surface area contributed by atoms with Crippen molar-refractivity contribution in [2.24, 2.45) is 5.92 Å². The van der Waals surface area contributed by atoms with Crippen molar-refractivity contribution < 1.29 is 9.18 Å². The number of carbonyl (C=O) groups is 1. The second kappa shape index (κ2) is 10.7. The van der Waals surface area contributed by atoms with Crippen molar-refractivity contribution in [2.45, 2.75) is 38.6 Å². The molecule has 2 aromatic heterocycles. The second-order valence-electron chi connectivity index (χ2n) is 9.08. The third-order valence-corrected chi connectivity index (χ3v) is 6.66. The molecule has 1 saturated heterocycles. The van der Waals surface area contributed by atoms with Gasteiger partial charge < -0.3 is 9.80 Å². The van der Waals surface area contributed by atoms with Gasteiger partial charge in [-0.25, -0.2) is 14.1 Å².